The van der Waals surface area contributed by atoms with E-state index < -0.39 is 0 Å². The summed E-state index contributed by atoms with van der Waals surface area (Å²) in [5, 5.41) is 12.2. The van der Waals surface area contributed by atoms with Crippen LogP contribution in [0.5, 0.6) is 5.75 Å². The zero-order chi connectivity index (χ0) is 19.3. The summed E-state index contributed by atoms with van der Waals surface area (Å²) in [4.78, 5) is 9.07. The minimum Gasteiger partial charge on any atom is -0.495 e. The zero-order valence-electron chi connectivity index (χ0n) is 15.5. The molecule has 3 aromatic rings. The predicted octanol–water partition coefficient (Wildman–Crippen LogP) is 3.60. The number of rotatable bonds is 5. The van der Waals surface area contributed by atoms with Crippen molar-refractivity contribution in [3.8, 4) is 5.75 Å². The lowest BCUT2D eigenvalue weighted by Crippen LogP contribution is -2.47. The third-order valence-corrected chi connectivity index (χ3v) is 4.90. The molecule has 0 radical (unpaired) electrons. The van der Waals surface area contributed by atoms with E-state index in [4.69, 9.17) is 16.3 Å². The van der Waals surface area contributed by atoms with Gasteiger partial charge in [-0.25, -0.2) is 0 Å². The highest BCUT2D eigenvalue weighted by Gasteiger charge is 2.21. The van der Waals surface area contributed by atoms with Gasteiger partial charge in [-0.15, -0.1) is 5.10 Å². The van der Waals surface area contributed by atoms with Crippen molar-refractivity contribution in [2.24, 2.45) is 0 Å². The van der Waals surface area contributed by atoms with Crippen LogP contribution in [0, 0.1) is 0 Å². The molecular weight excluding hydrogens is 376 g/mol. The summed E-state index contributed by atoms with van der Waals surface area (Å²) in [5.41, 5.74) is 2.01. The second-order valence-electron chi connectivity index (χ2n) is 6.42. The second-order valence-corrected chi connectivity index (χ2v) is 6.86. The van der Waals surface area contributed by atoms with Crippen molar-refractivity contribution < 1.29 is 4.74 Å². The number of nitrogens with one attached hydrogen (secondary N) is 1. The van der Waals surface area contributed by atoms with E-state index in [1.54, 1.807) is 13.3 Å². The number of ether oxygens (including phenoxy) is 1. The Bertz CT molecular complexity index is 928. The number of halogens is 1. The largest absolute Gasteiger partial charge is 0.495 e. The normalized spacial score (nSPS) is 14.1. The van der Waals surface area contributed by atoms with Crippen LogP contribution in [0.3, 0.4) is 0 Å². The fourth-order valence-corrected chi connectivity index (χ4v) is 3.33. The highest BCUT2D eigenvalue weighted by atomic mass is 35.5. The molecule has 0 bridgehead atoms. The topological polar surface area (TPSA) is 66.4 Å². The van der Waals surface area contributed by atoms with Crippen LogP contribution in [-0.4, -0.2) is 48.5 Å². The van der Waals surface area contributed by atoms with E-state index in [9.17, 15) is 0 Å². The van der Waals surface area contributed by atoms with Crippen LogP contribution in [0.1, 0.15) is 0 Å². The number of piperazine rings is 1. The number of anilines is 4. The molecule has 0 atom stereocenters. The van der Waals surface area contributed by atoms with Gasteiger partial charge in [-0.3, -0.25) is 0 Å². The highest BCUT2D eigenvalue weighted by Crippen LogP contribution is 2.29. The monoisotopic (exact) mass is 396 g/mol. The van der Waals surface area contributed by atoms with Gasteiger partial charge >= 0.3 is 0 Å². The lowest BCUT2D eigenvalue weighted by Gasteiger charge is -2.36. The van der Waals surface area contributed by atoms with Gasteiger partial charge in [0.1, 0.15) is 5.75 Å². The van der Waals surface area contributed by atoms with Crippen LogP contribution in [0.25, 0.3) is 0 Å². The third-order valence-electron chi connectivity index (χ3n) is 4.65. The summed E-state index contributed by atoms with van der Waals surface area (Å²) < 4.78 is 5.48. The zero-order valence-corrected chi connectivity index (χ0v) is 16.3. The van der Waals surface area contributed by atoms with Crippen molar-refractivity contribution in [2.45, 2.75) is 0 Å². The molecule has 4 rings (SSSR count). The fraction of sp³-hybridized carbons (Fsp3) is 0.250. The lowest BCUT2D eigenvalue weighted by atomic mass is 10.2. The van der Waals surface area contributed by atoms with Crippen LogP contribution in [-0.2, 0) is 0 Å². The molecule has 2 heterocycles. The smallest absolute Gasteiger partial charge is 0.247 e. The molecule has 1 fully saturated rings. The minimum atomic E-state index is 0.624. The van der Waals surface area contributed by atoms with Crippen molar-refractivity contribution in [1.29, 1.82) is 0 Å². The van der Waals surface area contributed by atoms with Gasteiger partial charge in [0.25, 0.3) is 0 Å². The van der Waals surface area contributed by atoms with E-state index in [2.05, 4.69) is 36.4 Å². The van der Waals surface area contributed by atoms with E-state index in [-0.39, 0.29) is 0 Å². The second kappa shape index (κ2) is 8.31. The average Bonchev–Trinajstić information content (AvgIpc) is 2.76. The number of nitrogens with zero attached hydrogens (tertiary/aromatic N) is 5. The molecule has 1 aromatic heterocycles. The Hall–Kier alpha value is -3.06. The van der Waals surface area contributed by atoms with E-state index >= 15 is 0 Å². The molecule has 0 spiro atoms. The standard InChI is InChI=1S/C20H21ClN6O/c1-28-18-5-3-2-4-17(18)26-10-12-27(13-11-26)20-24-19(14-22-25-20)23-16-8-6-15(21)7-9-16/h2-9,14H,10-13H2,1H3,(H,23,24,25). The van der Waals surface area contributed by atoms with Crippen molar-refractivity contribution in [1.82, 2.24) is 15.2 Å². The molecule has 1 N–H and O–H groups in total. The fourth-order valence-electron chi connectivity index (χ4n) is 3.21. The van der Waals surface area contributed by atoms with Gasteiger partial charge in [0.15, 0.2) is 5.82 Å². The van der Waals surface area contributed by atoms with Gasteiger partial charge in [0, 0.05) is 36.9 Å². The Balaban J connectivity index is 1.42. The Morgan fingerprint density at radius 2 is 1.68 bits per heavy atom. The number of para-hydroxylation sites is 2. The third kappa shape index (κ3) is 4.09. The molecule has 0 unspecified atom stereocenters. The molecule has 8 heteroatoms. The van der Waals surface area contributed by atoms with E-state index in [1.165, 1.54) is 0 Å². The summed E-state index contributed by atoms with van der Waals surface area (Å²) >= 11 is 5.93. The van der Waals surface area contributed by atoms with Crippen molar-refractivity contribution >= 4 is 34.7 Å². The van der Waals surface area contributed by atoms with Crippen LogP contribution in [0.15, 0.2) is 54.7 Å². The maximum Gasteiger partial charge on any atom is 0.247 e. The van der Waals surface area contributed by atoms with E-state index in [0.29, 0.717) is 16.8 Å². The maximum atomic E-state index is 5.93. The molecule has 1 aliphatic rings. The lowest BCUT2D eigenvalue weighted by molar-refractivity contribution is 0.413. The van der Waals surface area contributed by atoms with Crippen LogP contribution < -0.4 is 19.9 Å². The van der Waals surface area contributed by atoms with E-state index in [1.807, 2.05) is 42.5 Å². The molecule has 7 nitrogen and oxygen atoms in total. The summed E-state index contributed by atoms with van der Waals surface area (Å²) in [6.07, 6.45) is 1.61. The van der Waals surface area contributed by atoms with Gasteiger partial charge < -0.3 is 19.9 Å². The Morgan fingerprint density at radius 1 is 0.964 bits per heavy atom. The van der Waals surface area contributed by atoms with Gasteiger partial charge in [0.05, 0.1) is 19.0 Å². The first-order valence-electron chi connectivity index (χ1n) is 9.08. The summed E-state index contributed by atoms with van der Waals surface area (Å²) in [6.45, 7) is 3.34. The first kappa shape index (κ1) is 18.3. The van der Waals surface area contributed by atoms with Crippen LogP contribution >= 0.6 is 11.6 Å². The molecule has 2 aromatic carbocycles. The van der Waals surface area contributed by atoms with Crippen molar-refractivity contribution in [3.63, 3.8) is 0 Å². The highest BCUT2D eigenvalue weighted by molar-refractivity contribution is 6.30. The molecule has 0 aliphatic carbocycles. The molecule has 0 saturated carbocycles. The number of benzene rings is 2. The molecule has 1 saturated heterocycles. The van der Waals surface area contributed by atoms with Crippen LogP contribution in [0.2, 0.25) is 5.02 Å². The van der Waals surface area contributed by atoms with Gasteiger partial charge in [-0.05, 0) is 36.4 Å². The summed E-state index contributed by atoms with van der Waals surface area (Å²) in [7, 11) is 1.70. The van der Waals surface area contributed by atoms with Gasteiger partial charge in [-0.2, -0.15) is 10.1 Å². The van der Waals surface area contributed by atoms with Crippen LogP contribution in [0.4, 0.5) is 23.1 Å². The number of hydrogen-bond acceptors (Lipinski definition) is 7. The van der Waals surface area contributed by atoms with Crippen molar-refractivity contribution in [3.05, 3.63) is 59.8 Å². The van der Waals surface area contributed by atoms with Crippen molar-refractivity contribution in [2.75, 3.05) is 48.4 Å². The first-order valence-corrected chi connectivity index (χ1v) is 9.46. The Morgan fingerprint density at radius 3 is 2.43 bits per heavy atom. The Labute approximate surface area is 168 Å². The molecule has 1 aliphatic heterocycles. The minimum absolute atomic E-state index is 0.624. The number of aromatic nitrogens is 3. The first-order chi connectivity index (χ1) is 13.7. The van der Waals surface area contributed by atoms with Gasteiger partial charge in [0.2, 0.25) is 5.95 Å². The molecular formula is C20H21ClN6O. The summed E-state index contributed by atoms with van der Waals surface area (Å²) in [5.74, 6) is 2.17. The molecule has 28 heavy (non-hydrogen) atoms. The van der Waals surface area contributed by atoms with Gasteiger partial charge in [-0.1, -0.05) is 23.7 Å². The average molecular weight is 397 g/mol. The Kier molecular flexibility index (Phi) is 5.43. The quantitative estimate of drug-likeness (QED) is 0.706. The number of methoxy groups -OCH3 is 1. The van der Waals surface area contributed by atoms with E-state index in [0.717, 1.165) is 43.3 Å². The summed E-state index contributed by atoms with van der Waals surface area (Å²) in [6, 6.07) is 15.5. The molecule has 0 amide bonds. The number of hydrogen-bond donors (Lipinski definition) is 1. The maximum absolute atomic E-state index is 5.93. The molecule has 144 valence electrons. The SMILES string of the molecule is COc1ccccc1N1CCN(c2nncc(Nc3ccc(Cl)cc3)n2)CC1. The predicted molar refractivity (Wildman–Crippen MR) is 112 cm³/mol.